The van der Waals surface area contributed by atoms with Crippen molar-refractivity contribution < 1.29 is 9.90 Å². The Kier molecular flexibility index (Phi) is 2.90. The lowest BCUT2D eigenvalue weighted by atomic mass is 10.1. The van der Waals surface area contributed by atoms with Gasteiger partial charge in [0.1, 0.15) is 6.04 Å². The normalized spacial score (nSPS) is 12.5. The minimum atomic E-state index is -1.10. The van der Waals surface area contributed by atoms with E-state index in [1.54, 1.807) is 18.2 Å². The van der Waals surface area contributed by atoms with Crippen molar-refractivity contribution in [3.8, 4) is 0 Å². The van der Waals surface area contributed by atoms with E-state index in [-0.39, 0.29) is 0 Å². The molecule has 5 N–H and O–H groups in total. The highest BCUT2D eigenvalue weighted by molar-refractivity contribution is 9.10. The first-order valence-corrected chi connectivity index (χ1v) is 4.35. The summed E-state index contributed by atoms with van der Waals surface area (Å²) in [7, 11) is 0. The Labute approximate surface area is 83.7 Å². The van der Waals surface area contributed by atoms with E-state index in [1.807, 2.05) is 0 Å². The van der Waals surface area contributed by atoms with Crippen LogP contribution in [0, 0.1) is 0 Å². The number of benzene rings is 1. The number of carboxylic acid groups (broad SMARTS) is 1. The predicted molar refractivity (Wildman–Crippen MR) is 53.1 cm³/mol. The Bertz CT molecular complexity index is 321. The molecule has 70 valence electrons. The molecule has 0 radical (unpaired) electrons. The molecule has 1 rings (SSSR count). The second kappa shape index (κ2) is 3.76. The van der Waals surface area contributed by atoms with Crippen LogP contribution in [0.1, 0.15) is 11.6 Å². The smallest absolute Gasteiger partial charge is 0.325 e. The standard InChI is InChI=1S/C8H9BrN2O2/c9-4-2-1-3-5(10)6(4)7(11)8(12)13/h1-3,7H,10-11H2,(H,12,13)/t7-/m1/s1. The molecule has 0 amide bonds. The number of carboxylic acids is 1. The van der Waals surface area contributed by atoms with Crippen molar-refractivity contribution in [3.63, 3.8) is 0 Å². The number of anilines is 1. The van der Waals surface area contributed by atoms with E-state index in [0.29, 0.717) is 15.7 Å². The molecule has 0 spiro atoms. The van der Waals surface area contributed by atoms with Crippen molar-refractivity contribution in [2.24, 2.45) is 5.73 Å². The number of hydrogen-bond acceptors (Lipinski definition) is 3. The highest BCUT2D eigenvalue weighted by Crippen LogP contribution is 2.27. The molecule has 1 aromatic carbocycles. The number of rotatable bonds is 2. The van der Waals surface area contributed by atoms with E-state index in [0.717, 1.165) is 0 Å². The summed E-state index contributed by atoms with van der Waals surface area (Å²) in [5, 5.41) is 8.68. The summed E-state index contributed by atoms with van der Waals surface area (Å²) in [5.74, 6) is -1.10. The van der Waals surface area contributed by atoms with Gasteiger partial charge in [0.15, 0.2) is 0 Å². The molecule has 1 atom stereocenters. The number of hydrogen-bond donors (Lipinski definition) is 3. The summed E-state index contributed by atoms with van der Waals surface area (Å²) in [6, 6.07) is 3.95. The summed E-state index contributed by atoms with van der Waals surface area (Å²) in [5.41, 5.74) is 11.8. The SMILES string of the molecule is Nc1cccc(Br)c1[C@@H](N)C(=O)O. The summed E-state index contributed by atoms with van der Waals surface area (Å²) < 4.78 is 0.613. The van der Waals surface area contributed by atoms with Gasteiger partial charge in [0.05, 0.1) is 0 Å². The lowest BCUT2D eigenvalue weighted by Gasteiger charge is -2.11. The van der Waals surface area contributed by atoms with Crippen LogP contribution in [0.3, 0.4) is 0 Å². The number of halogens is 1. The molecular weight excluding hydrogens is 236 g/mol. The van der Waals surface area contributed by atoms with Gasteiger partial charge >= 0.3 is 5.97 Å². The molecule has 0 aliphatic rings. The lowest BCUT2D eigenvalue weighted by Crippen LogP contribution is -2.22. The van der Waals surface area contributed by atoms with Crippen LogP contribution in [-0.2, 0) is 4.79 Å². The van der Waals surface area contributed by atoms with Gasteiger partial charge in [0.25, 0.3) is 0 Å². The van der Waals surface area contributed by atoms with Crippen molar-refractivity contribution in [1.82, 2.24) is 0 Å². The van der Waals surface area contributed by atoms with Gasteiger partial charge < -0.3 is 16.6 Å². The molecule has 1 aromatic rings. The van der Waals surface area contributed by atoms with E-state index in [1.165, 1.54) is 0 Å². The third-order valence-electron chi connectivity index (χ3n) is 1.66. The average Bonchev–Trinajstić information content (AvgIpc) is 2.03. The van der Waals surface area contributed by atoms with Gasteiger partial charge in [-0.25, -0.2) is 0 Å². The second-order valence-electron chi connectivity index (χ2n) is 2.56. The summed E-state index contributed by atoms with van der Waals surface area (Å²) >= 11 is 3.19. The largest absolute Gasteiger partial charge is 0.480 e. The molecule has 0 heterocycles. The van der Waals surface area contributed by atoms with Crippen LogP contribution < -0.4 is 11.5 Å². The lowest BCUT2D eigenvalue weighted by molar-refractivity contribution is -0.138. The maximum Gasteiger partial charge on any atom is 0.325 e. The molecule has 0 aromatic heterocycles. The predicted octanol–water partition coefficient (Wildman–Crippen LogP) is 1.12. The van der Waals surface area contributed by atoms with Crippen LogP contribution in [0.15, 0.2) is 22.7 Å². The van der Waals surface area contributed by atoms with Gasteiger partial charge in [-0.3, -0.25) is 4.79 Å². The molecule has 0 fully saturated rings. The first-order chi connectivity index (χ1) is 6.04. The molecule has 13 heavy (non-hydrogen) atoms. The fraction of sp³-hybridized carbons (Fsp3) is 0.125. The fourth-order valence-electron chi connectivity index (χ4n) is 1.01. The number of nitrogens with two attached hydrogens (primary N) is 2. The number of carbonyl (C=O) groups is 1. The Morgan fingerprint density at radius 1 is 1.54 bits per heavy atom. The Balaban J connectivity index is 3.20. The summed E-state index contributed by atoms with van der Waals surface area (Å²) in [4.78, 5) is 10.6. The van der Waals surface area contributed by atoms with Crippen molar-refractivity contribution in [3.05, 3.63) is 28.2 Å². The van der Waals surface area contributed by atoms with Gasteiger partial charge in [-0.15, -0.1) is 0 Å². The molecule has 5 heteroatoms. The third kappa shape index (κ3) is 1.99. The molecule has 0 saturated heterocycles. The Morgan fingerprint density at radius 2 is 2.15 bits per heavy atom. The van der Waals surface area contributed by atoms with Crippen molar-refractivity contribution in [1.29, 1.82) is 0 Å². The first kappa shape index (κ1) is 10.0. The van der Waals surface area contributed by atoms with Gasteiger partial charge in [0, 0.05) is 15.7 Å². The molecule has 0 aliphatic heterocycles. The molecule has 4 nitrogen and oxygen atoms in total. The highest BCUT2D eigenvalue weighted by Gasteiger charge is 2.19. The fourth-order valence-corrected chi connectivity index (χ4v) is 1.63. The number of nitrogen functional groups attached to an aromatic ring is 1. The zero-order valence-corrected chi connectivity index (χ0v) is 8.28. The molecule has 0 bridgehead atoms. The van der Waals surface area contributed by atoms with Crippen molar-refractivity contribution in [2.75, 3.05) is 5.73 Å². The van der Waals surface area contributed by atoms with E-state index in [4.69, 9.17) is 16.6 Å². The van der Waals surface area contributed by atoms with Gasteiger partial charge in [-0.05, 0) is 12.1 Å². The molecule has 0 unspecified atom stereocenters. The van der Waals surface area contributed by atoms with Gasteiger partial charge in [-0.1, -0.05) is 22.0 Å². The van der Waals surface area contributed by atoms with Gasteiger partial charge in [0.2, 0.25) is 0 Å². The second-order valence-corrected chi connectivity index (χ2v) is 3.41. The maximum absolute atomic E-state index is 10.6. The van der Waals surface area contributed by atoms with Crippen LogP contribution in [0.5, 0.6) is 0 Å². The third-order valence-corrected chi connectivity index (χ3v) is 2.36. The minimum absolute atomic E-state index is 0.379. The van der Waals surface area contributed by atoms with Crippen LogP contribution in [-0.4, -0.2) is 11.1 Å². The van der Waals surface area contributed by atoms with Crippen molar-refractivity contribution >= 4 is 27.6 Å². The van der Waals surface area contributed by atoms with Gasteiger partial charge in [-0.2, -0.15) is 0 Å². The van der Waals surface area contributed by atoms with Crippen molar-refractivity contribution in [2.45, 2.75) is 6.04 Å². The number of aliphatic carboxylic acids is 1. The van der Waals surface area contributed by atoms with E-state index < -0.39 is 12.0 Å². The Hall–Kier alpha value is -1.07. The quantitative estimate of drug-likeness (QED) is 0.681. The van der Waals surface area contributed by atoms with Crippen LogP contribution >= 0.6 is 15.9 Å². The molecular formula is C8H9BrN2O2. The monoisotopic (exact) mass is 244 g/mol. The molecule has 0 saturated carbocycles. The molecule has 0 aliphatic carbocycles. The maximum atomic E-state index is 10.6. The van der Waals surface area contributed by atoms with E-state index >= 15 is 0 Å². The minimum Gasteiger partial charge on any atom is -0.480 e. The van der Waals surface area contributed by atoms with E-state index in [2.05, 4.69) is 15.9 Å². The Morgan fingerprint density at radius 3 is 2.62 bits per heavy atom. The highest BCUT2D eigenvalue weighted by atomic mass is 79.9. The zero-order valence-electron chi connectivity index (χ0n) is 6.70. The average molecular weight is 245 g/mol. The van der Waals surface area contributed by atoms with Crippen LogP contribution in [0.2, 0.25) is 0 Å². The van der Waals surface area contributed by atoms with Crippen LogP contribution in [0.25, 0.3) is 0 Å². The summed E-state index contributed by atoms with van der Waals surface area (Å²) in [6.07, 6.45) is 0. The van der Waals surface area contributed by atoms with Crippen LogP contribution in [0.4, 0.5) is 5.69 Å². The summed E-state index contributed by atoms with van der Waals surface area (Å²) in [6.45, 7) is 0. The topological polar surface area (TPSA) is 89.3 Å². The zero-order chi connectivity index (χ0) is 10.0. The van der Waals surface area contributed by atoms with E-state index in [9.17, 15) is 4.79 Å². The first-order valence-electron chi connectivity index (χ1n) is 3.56.